The van der Waals surface area contributed by atoms with E-state index in [9.17, 15) is 4.79 Å². The lowest BCUT2D eigenvalue weighted by atomic mass is 10.1. The Labute approximate surface area is 178 Å². The summed E-state index contributed by atoms with van der Waals surface area (Å²) in [6.45, 7) is 0. The van der Waals surface area contributed by atoms with Gasteiger partial charge in [0.05, 0.1) is 38.6 Å². The molecule has 2 heterocycles. The maximum Gasteiger partial charge on any atom is 0.248 e. The average Bonchev–Trinajstić information content (AvgIpc) is 3.46. The number of nitrogens with zero attached hydrogens (tertiary/aromatic N) is 1. The molecule has 0 saturated heterocycles. The van der Waals surface area contributed by atoms with Gasteiger partial charge >= 0.3 is 0 Å². The summed E-state index contributed by atoms with van der Waals surface area (Å²) in [6.07, 6.45) is 4.70. The molecule has 2 aromatic carbocycles. The number of rotatable bonds is 7. The number of hydrogen-bond donors (Lipinski definition) is 2. The van der Waals surface area contributed by atoms with E-state index in [0.29, 0.717) is 34.5 Å². The lowest BCUT2D eigenvalue weighted by molar-refractivity contribution is -0.111. The van der Waals surface area contributed by atoms with Crippen LogP contribution in [0, 0.1) is 0 Å². The van der Waals surface area contributed by atoms with Gasteiger partial charge in [-0.05, 0) is 54.1 Å². The maximum atomic E-state index is 12.4. The van der Waals surface area contributed by atoms with Crippen molar-refractivity contribution in [1.29, 1.82) is 0 Å². The van der Waals surface area contributed by atoms with Crippen LogP contribution >= 0.6 is 0 Å². The highest BCUT2D eigenvalue weighted by molar-refractivity contribution is 6.02. The van der Waals surface area contributed by atoms with Crippen molar-refractivity contribution < 1.29 is 23.4 Å². The number of ether oxygens (including phenoxy) is 3. The van der Waals surface area contributed by atoms with E-state index in [2.05, 4.69) is 15.3 Å². The van der Waals surface area contributed by atoms with Crippen LogP contribution in [0.4, 0.5) is 5.69 Å². The summed E-state index contributed by atoms with van der Waals surface area (Å²) < 4.78 is 21.3. The van der Waals surface area contributed by atoms with Crippen LogP contribution in [-0.4, -0.2) is 37.2 Å². The summed E-state index contributed by atoms with van der Waals surface area (Å²) in [5.41, 5.74) is 2.94. The molecule has 0 aliphatic heterocycles. The van der Waals surface area contributed by atoms with Gasteiger partial charge in [0.25, 0.3) is 0 Å². The maximum absolute atomic E-state index is 12.4. The smallest absolute Gasteiger partial charge is 0.248 e. The van der Waals surface area contributed by atoms with E-state index < -0.39 is 0 Å². The molecule has 8 nitrogen and oxygen atoms in total. The van der Waals surface area contributed by atoms with Crippen LogP contribution in [0.3, 0.4) is 0 Å². The minimum Gasteiger partial charge on any atom is -0.493 e. The molecule has 0 aliphatic carbocycles. The van der Waals surface area contributed by atoms with Gasteiger partial charge in [-0.25, -0.2) is 4.98 Å². The zero-order valence-corrected chi connectivity index (χ0v) is 17.3. The molecule has 158 valence electrons. The zero-order valence-electron chi connectivity index (χ0n) is 17.3. The summed E-state index contributed by atoms with van der Waals surface area (Å²) in [7, 11) is 4.62. The van der Waals surface area contributed by atoms with Crippen molar-refractivity contribution in [2.24, 2.45) is 0 Å². The highest BCUT2D eigenvalue weighted by Gasteiger charge is 2.12. The Bertz CT molecular complexity index is 1220. The van der Waals surface area contributed by atoms with Crippen molar-refractivity contribution >= 4 is 28.7 Å². The molecule has 8 heteroatoms. The Balaban J connectivity index is 1.50. The SMILES string of the molecule is COc1cc(/C=C/C(=O)Nc2ccc3nc(-c4ccco4)[nH]c3c2)cc(OC)c1OC. The number of H-pyrrole nitrogens is 1. The molecular formula is C23H21N3O5. The van der Waals surface area contributed by atoms with Crippen molar-refractivity contribution in [3.05, 3.63) is 60.4 Å². The molecule has 1 amide bonds. The number of anilines is 1. The predicted octanol–water partition coefficient (Wildman–Crippen LogP) is 4.50. The van der Waals surface area contributed by atoms with Crippen molar-refractivity contribution in [3.8, 4) is 28.8 Å². The molecule has 0 aliphatic rings. The van der Waals surface area contributed by atoms with E-state index in [0.717, 1.165) is 16.6 Å². The Morgan fingerprint density at radius 2 is 1.84 bits per heavy atom. The molecule has 2 N–H and O–H groups in total. The first-order chi connectivity index (χ1) is 15.1. The van der Waals surface area contributed by atoms with E-state index in [1.165, 1.54) is 13.2 Å². The molecule has 4 rings (SSSR count). The Hall–Kier alpha value is -4.20. The summed E-state index contributed by atoms with van der Waals surface area (Å²) in [5, 5.41) is 2.84. The second-order valence-corrected chi connectivity index (χ2v) is 6.58. The monoisotopic (exact) mass is 419 g/mol. The van der Waals surface area contributed by atoms with E-state index in [1.54, 1.807) is 50.8 Å². The molecule has 0 radical (unpaired) electrons. The minimum atomic E-state index is -0.279. The van der Waals surface area contributed by atoms with Gasteiger partial charge in [0.15, 0.2) is 23.1 Å². The second-order valence-electron chi connectivity index (χ2n) is 6.58. The van der Waals surface area contributed by atoms with E-state index in [-0.39, 0.29) is 5.91 Å². The summed E-state index contributed by atoms with van der Waals surface area (Å²) in [4.78, 5) is 20.1. The number of amides is 1. The molecular weight excluding hydrogens is 398 g/mol. The molecule has 0 unspecified atom stereocenters. The van der Waals surface area contributed by atoms with Crippen molar-refractivity contribution in [2.45, 2.75) is 0 Å². The van der Waals surface area contributed by atoms with Gasteiger partial charge in [0.2, 0.25) is 11.7 Å². The Morgan fingerprint density at radius 3 is 2.48 bits per heavy atom. The van der Waals surface area contributed by atoms with Crippen LogP contribution in [0.2, 0.25) is 0 Å². The van der Waals surface area contributed by atoms with Crippen LogP contribution in [0.25, 0.3) is 28.7 Å². The van der Waals surface area contributed by atoms with Crippen LogP contribution in [0.1, 0.15) is 5.56 Å². The number of aromatic nitrogens is 2. The van der Waals surface area contributed by atoms with Gasteiger partial charge in [0.1, 0.15) is 0 Å². The summed E-state index contributed by atoms with van der Waals surface area (Å²) in [5.74, 6) is 2.52. The zero-order chi connectivity index (χ0) is 21.8. The number of carbonyl (C=O) groups is 1. The third-order valence-corrected chi connectivity index (χ3v) is 4.62. The van der Waals surface area contributed by atoms with Crippen molar-refractivity contribution in [2.75, 3.05) is 26.6 Å². The molecule has 0 atom stereocenters. The van der Waals surface area contributed by atoms with Gasteiger partial charge in [-0.3, -0.25) is 4.79 Å². The third-order valence-electron chi connectivity index (χ3n) is 4.62. The molecule has 4 aromatic rings. The standard InChI is InChI=1S/C23H21N3O5/c1-28-19-11-14(12-20(29-2)22(19)30-3)6-9-21(27)24-15-7-8-16-17(13-15)26-23(25-16)18-5-4-10-31-18/h4-13H,1-3H3,(H,24,27)(H,25,26)/b9-6+. The Kier molecular flexibility index (Phi) is 5.61. The van der Waals surface area contributed by atoms with Crippen LogP contribution in [0.5, 0.6) is 17.2 Å². The molecule has 2 aromatic heterocycles. The van der Waals surface area contributed by atoms with Crippen molar-refractivity contribution in [1.82, 2.24) is 9.97 Å². The number of carbonyl (C=O) groups excluding carboxylic acids is 1. The highest BCUT2D eigenvalue weighted by Crippen LogP contribution is 2.38. The summed E-state index contributed by atoms with van der Waals surface area (Å²) in [6, 6.07) is 12.6. The first-order valence-corrected chi connectivity index (χ1v) is 9.44. The molecule has 0 spiro atoms. The summed E-state index contributed by atoms with van der Waals surface area (Å²) >= 11 is 0. The Morgan fingerprint density at radius 1 is 1.06 bits per heavy atom. The molecule has 0 saturated carbocycles. The minimum absolute atomic E-state index is 0.279. The lowest BCUT2D eigenvalue weighted by Crippen LogP contribution is -2.07. The van der Waals surface area contributed by atoms with Gasteiger partial charge in [-0.1, -0.05) is 0 Å². The third kappa shape index (κ3) is 4.23. The fraction of sp³-hybridized carbons (Fsp3) is 0.130. The van der Waals surface area contributed by atoms with Crippen molar-refractivity contribution in [3.63, 3.8) is 0 Å². The largest absolute Gasteiger partial charge is 0.493 e. The number of imidazole rings is 1. The van der Waals surface area contributed by atoms with Crippen LogP contribution in [-0.2, 0) is 4.79 Å². The average molecular weight is 419 g/mol. The predicted molar refractivity (Wildman–Crippen MR) is 118 cm³/mol. The number of hydrogen-bond acceptors (Lipinski definition) is 6. The van der Waals surface area contributed by atoms with Gasteiger partial charge < -0.3 is 28.9 Å². The first-order valence-electron chi connectivity index (χ1n) is 9.44. The number of methoxy groups -OCH3 is 3. The number of aromatic amines is 1. The van der Waals surface area contributed by atoms with Gasteiger partial charge in [-0.15, -0.1) is 0 Å². The highest BCUT2D eigenvalue weighted by atomic mass is 16.5. The van der Waals surface area contributed by atoms with Gasteiger partial charge in [0, 0.05) is 11.8 Å². The van der Waals surface area contributed by atoms with E-state index in [1.807, 2.05) is 18.2 Å². The van der Waals surface area contributed by atoms with Gasteiger partial charge in [-0.2, -0.15) is 0 Å². The van der Waals surface area contributed by atoms with E-state index >= 15 is 0 Å². The fourth-order valence-corrected chi connectivity index (χ4v) is 3.17. The number of benzene rings is 2. The van der Waals surface area contributed by atoms with Crippen LogP contribution < -0.4 is 19.5 Å². The molecule has 0 fully saturated rings. The lowest BCUT2D eigenvalue weighted by Gasteiger charge is -2.12. The van der Waals surface area contributed by atoms with E-state index in [4.69, 9.17) is 18.6 Å². The second kappa shape index (κ2) is 8.66. The quantitative estimate of drug-likeness (QED) is 0.428. The fourth-order valence-electron chi connectivity index (χ4n) is 3.17. The molecule has 0 bridgehead atoms. The molecule has 31 heavy (non-hydrogen) atoms. The topological polar surface area (TPSA) is 98.6 Å². The number of furan rings is 1. The first kappa shape index (κ1) is 20.1. The van der Waals surface area contributed by atoms with Crippen LogP contribution in [0.15, 0.2) is 59.2 Å². The number of nitrogens with one attached hydrogen (secondary N) is 2. The number of fused-ring (bicyclic) bond motifs is 1. The normalized spacial score (nSPS) is 11.1.